The molecule has 52 heavy (non-hydrogen) atoms. The van der Waals surface area contributed by atoms with Crippen molar-refractivity contribution in [2.45, 2.75) is 41.5 Å². The van der Waals surface area contributed by atoms with Gasteiger partial charge in [0, 0.05) is 34.1 Å². The van der Waals surface area contributed by atoms with Crippen LogP contribution < -0.4 is 9.80 Å². The van der Waals surface area contributed by atoms with Crippen LogP contribution in [-0.2, 0) is 0 Å². The maximum Gasteiger partial charge on any atom is 0.0491 e. The normalized spacial score (nSPS) is 10.5. The third kappa shape index (κ3) is 7.48. The van der Waals surface area contributed by atoms with E-state index in [1.54, 1.807) is 0 Å². The smallest absolute Gasteiger partial charge is 0.0491 e. The molecule has 0 saturated heterocycles. The minimum atomic E-state index is 1.14. The molecule has 8 aromatic rings. The third-order valence-electron chi connectivity index (χ3n) is 9.22. The molecule has 0 bridgehead atoms. The second-order valence-corrected chi connectivity index (χ2v) is 12.4. The van der Waals surface area contributed by atoms with Gasteiger partial charge in [-0.3, -0.25) is 0 Å². The first-order chi connectivity index (χ1) is 25.6. The molecule has 0 heterocycles. The molecule has 8 rings (SSSR count). The lowest BCUT2D eigenvalue weighted by molar-refractivity contribution is 1.25. The summed E-state index contributed by atoms with van der Waals surface area (Å²) in [4.78, 5) is 4.72. The van der Waals surface area contributed by atoms with E-state index >= 15 is 0 Å². The molecule has 0 amide bonds. The summed E-state index contributed by atoms with van der Waals surface area (Å²) >= 11 is 0. The van der Waals surface area contributed by atoms with E-state index in [0.29, 0.717) is 0 Å². The van der Waals surface area contributed by atoms with Crippen molar-refractivity contribution in [2.75, 3.05) is 9.80 Å². The zero-order valence-corrected chi connectivity index (χ0v) is 31.2. The van der Waals surface area contributed by atoms with Crippen LogP contribution in [0, 0.1) is 13.8 Å². The number of aryl methyl sites for hydroxylation is 2. The molecule has 0 aliphatic heterocycles. The van der Waals surface area contributed by atoms with E-state index in [4.69, 9.17) is 0 Å². The predicted molar refractivity (Wildman–Crippen MR) is 228 cm³/mol. The molecule has 0 fully saturated rings. The Kier molecular flexibility index (Phi) is 11.5. The van der Waals surface area contributed by atoms with Crippen molar-refractivity contribution < 1.29 is 0 Å². The van der Waals surface area contributed by atoms with Crippen molar-refractivity contribution in [3.05, 3.63) is 193 Å². The van der Waals surface area contributed by atoms with Gasteiger partial charge in [0.1, 0.15) is 0 Å². The van der Waals surface area contributed by atoms with Gasteiger partial charge in [-0.1, -0.05) is 137 Å². The van der Waals surface area contributed by atoms with Crippen molar-refractivity contribution in [3.8, 4) is 11.1 Å². The molecular formula is C50H48N2. The first kappa shape index (κ1) is 35.7. The predicted octanol–water partition coefficient (Wildman–Crippen LogP) is 15.3. The Morgan fingerprint density at radius 3 is 1.00 bits per heavy atom. The fourth-order valence-electron chi connectivity index (χ4n) is 6.81. The van der Waals surface area contributed by atoms with Crippen LogP contribution in [-0.4, -0.2) is 0 Å². The number of fused-ring (bicyclic) bond motifs is 2. The molecule has 0 aliphatic rings. The molecular weight excluding hydrogens is 629 g/mol. The van der Waals surface area contributed by atoms with Gasteiger partial charge in [0.25, 0.3) is 0 Å². The van der Waals surface area contributed by atoms with Gasteiger partial charge < -0.3 is 9.80 Å². The van der Waals surface area contributed by atoms with Crippen LogP contribution >= 0.6 is 0 Å². The summed E-state index contributed by atoms with van der Waals surface area (Å²) in [6.45, 7) is 12.4. The number of hydrogen-bond donors (Lipinski definition) is 0. The van der Waals surface area contributed by atoms with E-state index in [2.05, 4.69) is 206 Å². The van der Waals surface area contributed by atoms with Crippen LogP contribution in [0.3, 0.4) is 0 Å². The standard InChI is InChI=1S/C46H36N2.2C2H6/c1-33-29-39(23-27-45(33)47(41-17-5-3-6-18-41)43-25-21-35-13-9-11-15-37(35)31-43)40-24-28-46(34(2)30-40)48(42-19-7-4-8-20-42)44-26-22-36-14-10-12-16-38(36)32-44;2*1-2/h3-32H,1-2H3;2*1-2H3. The van der Waals surface area contributed by atoms with Crippen LogP contribution in [0.2, 0.25) is 0 Å². The van der Waals surface area contributed by atoms with Crippen LogP contribution in [0.1, 0.15) is 38.8 Å². The summed E-state index contributed by atoms with van der Waals surface area (Å²) in [6, 6.07) is 65.5. The van der Waals surface area contributed by atoms with Crippen LogP contribution in [0.15, 0.2) is 182 Å². The Morgan fingerprint density at radius 1 is 0.288 bits per heavy atom. The number of rotatable bonds is 7. The van der Waals surface area contributed by atoms with Gasteiger partial charge in [0.15, 0.2) is 0 Å². The fourth-order valence-corrected chi connectivity index (χ4v) is 6.81. The molecule has 2 nitrogen and oxygen atoms in total. The van der Waals surface area contributed by atoms with Crippen LogP contribution in [0.5, 0.6) is 0 Å². The molecule has 0 radical (unpaired) electrons. The zero-order chi connectivity index (χ0) is 36.5. The van der Waals surface area contributed by atoms with Gasteiger partial charge in [-0.05, 0) is 130 Å². The highest BCUT2D eigenvalue weighted by Crippen LogP contribution is 2.41. The molecule has 0 saturated carbocycles. The van der Waals surface area contributed by atoms with E-state index in [1.165, 1.54) is 55.2 Å². The van der Waals surface area contributed by atoms with Gasteiger partial charge in [-0.2, -0.15) is 0 Å². The summed E-state index contributed by atoms with van der Waals surface area (Å²) in [6.07, 6.45) is 0. The first-order valence-corrected chi connectivity index (χ1v) is 18.5. The Bertz CT molecular complexity index is 2210. The maximum atomic E-state index is 2.36. The number of anilines is 6. The van der Waals surface area contributed by atoms with E-state index in [9.17, 15) is 0 Å². The topological polar surface area (TPSA) is 6.48 Å². The Balaban J connectivity index is 0.00000112. The lowest BCUT2D eigenvalue weighted by Gasteiger charge is -2.28. The lowest BCUT2D eigenvalue weighted by atomic mass is 9.98. The fraction of sp³-hybridized carbons (Fsp3) is 0.120. The van der Waals surface area contributed by atoms with E-state index < -0.39 is 0 Å². The minimum Gasteiger partial charge on any atom is -0.310 e. The second-order valence-electron chi connectivity index (χ2n) is 12.4. The number of benzene rings is 8. The van der Waals surface area contributed by atoms with E-state index in [1.807, 2.05) is 27.7 Å². The van der Waals surface area contributed by atoms with Crippen LogP contribution in [0.4, 0.5) is 34.1 Å². The third-order valence-corrected chi connectivity index (χ3v) is 9.22. The van der Waals surface area contributed by atoms with Crippen molar-refractivity contribution in [2.24, 2.45) is 0 Å². The molecule has 0 aliphatic carbocycles. The van der Waals surface area contributed by atoms with Crippen LogP contribution in [0.25, 0.3) is 32.7 Å². The lowest BCUT2D eigenvalue weighted by Crippen LogP contribution is -2.11. The summed E-state index contributed by atoms with van der Waals surface area (Å²) in [5.41, 5.74) is 11.7. The average molecular weight is 677 g/mol. The Labute approximate surface area is 310 Å². The van der Waals surface area contributed by atoms with Gasteiger partial charge in [0.05, 0.1) is 0 Å². The number of para-hydroxylation sites is 2. The van der Waals surface area contributed by atoms with Crippen molar-refractivity contribution in [1.29, 1.82) is 0 Å². The first-order valence-electron chi connectivity index (χ1n) is 18.5. The second kappa shape index (κ2) is 16.7. The molecule has 258 valence electrons. The molecule has 8 aromatic carbocycles. The molecule has 0 aromatic heterocycles. The van der Waals surface area contributed by atoms with Gasteiger partial charge in [-0.25, -0.2) is 0 Å². The molecule has 0 spiro atoms. The summed E-state index contributed by atoms with van der Waals surface area (Å²) < 4.78 is 0. The SMILES string of the molecule is CC.CC.Cc1cc(-c2ccc(N(c3ccccc3)c3ccc4ccccc4c3)c(C)c2)ccc1N(c1ccccc1)c1ccc2ccccc2c1. The summed E-state index contributed by atoms with van der Waals surface area (Å²) in [5.74, 6) is 0. The quantitative estimate of drug-likeness (QED) is 0.166. The average Bonchev–Trinajstić information content (AvgIpc) is 3.21. The highest BCUT2D eigenvalue weighted by molar-refractivity contribution is 5.91. The largest absolute Gasteiger partial charge is 0.310 e. The monoisotopic (exact) mass is 676 g/mol. The molecule has 0 unspecified atom stereocenters. The maximum absolute atomic E-state index is 2.36. The van der Waals surface area contributed by atoms with E-state index in [0.717, 1.165) is 22.7 Å². The zero-order valence-electron chi connectivity index (χ0n) is 31.2. The highest BCUT2D eigenvalue weighted by Gasteiger charge is 2.18. The summed E-state index contributed by atoms with van der Waals surface area (Å²) in [7, 11) is 0. The Hall–Kier alpha value is -6.12. The van der Waals surface area contributed by atoms with E-state index in [-0.39, 0.29) is 0 Å². The van der Waals surface area contributed by atoms with Crippen molar-refractivity contribution in [1.82, 2.24) is 0 Å². The minimum absolute atomic E-state index is 1.14. The van der Waals surface area contributed by atoms with Gasteiger partial charge in [0.2, 0.25) is 0 Å². The number of hydrogen-bond acceptors (Lipinski definition) is 2. The molecule has 2 heteroatoms. The summed E-state index contributed by atoms with van der Waals surface area (Å²) in [5, 5.41) is 4.95. The molecule has 0 atom stereocenters. The number of nitrogens with zero attached hydrogens (tertiary/aromatic N) is 2. The van der Waals surface area contributed by atoms with Crippen molar-refractivity contribution in [3.63, 3.8) is 0 Å². The Morgan fingerprint density at radius 2 is 0.635 bits per heavy atom. The van der Waals surface area contributed by atoms with Gasteiger partial charge in [-0.15, -0.1) is 0 Å². The molecule has 0 N–H and O–H groups in total. The highest BCUT2D eigenvalue weighted by atomic mass is 15.1. The van der Waals surface area contributed by atoms with Gasteiger partial charge >= 0.3 is 0 Å². The van der Waals surface area contributed by atoms with Crippen molar-refractivity contribution >= 4 is 55.7 Å².